The zero-order chi connectivity index (χ0) is 10.4. The molecule has 0 atom stereocenters. The summed E-state index contributed by atoms with van der Waals surface area (Å²) in [6, 6.07) is 6.17. The average molecular weight is 212 g/mol. The molecule has 2 nitrogen and oxygen atoms in total. The van der Waals surface area contributed by atoms with Crippen LogP contribution >= 0.6 is 11.8 Å². The minimum Gasteiger partial charge on any atom is -0.466 e. The summed E-state index contributed by atoms with van der Waals surface area (Å²) in [5, 5.41) is 0. The summed E-state index contributed by atoms with van der Waals surface area (Å²) in [6.45, 7) is 4.49. The minimum absolute atomic E-state index is 0.308. The maximum absolute atomic E-state index is 5.53. The van der Waals surface area contributed by atoms with Gasteiger partial charge in [0.05, 0.1) is 0 Å². The van der Waals surface area contributed by atoms with Gasteiger partial charge in [0.25, 0.3) is 0 Å². The molecule has 0 aromatic heterocycles. The van der Waals surface area contributed by atoms with E-state index in [2.05, 4.69) is 13.0 Å². The molecule has 0 saturated carbocycles. The third kappa shape index (κ3) is 2.93. The van der Waals surface area contributed by atoms with E-state index < -0.39 is 0 Å². The molecule has 0 heterocycles. The normalized spacial score (nSPS) is 10.2. The lowest BCUT2D eigenvalue weighted by Crippen LogP contribution is -2.01. The summed E-state index contributed by atoms with van der Waals surface area (Å²) in [4.78, 5) is 1.18. The number of benzene rings is 1. The number of para-hydroxylation sites is 1. The van der Waals surface area contributed by atoms with Crippen molar-refractivity contribution in [2.75, 3.05) is 19.7 Å². The van der Waals surface area contributed by atoms with Gasteiger partial charge in [-0.15, -0.1) is 11.8 Å². The fraction of sp³-hybridized carbons (Fsp3) is 0.455. The standard InChI is InChI=1S/C11H16O2S/c1-4-14-10-7-5-6-9(2)11(10)13-8-12-3/h5-7H,4,8H2,1-3H3. The molecule has 0 amide bonds. The SMILES string of the molecule is CCSc1cccc(C)c1OCOC. The predicted octanol–water partition coefficient (Wildman–Crippen LogP) is 3.09. The van der Waals surface area contributed by atoms with Crippen molar-refractivity contribution in [1.29, 1.82) is 0 Å². The van der Waals surface area contributed by atoms with Crippen LogP contribution in [-0.4, -0.2) is 19.7 Å². The van der Waals surface area contributed by atoms with Gasteiger partial charge in [-0.3, -0.25) is 0 Å². The van der Waals surface area contributed by atoms with Crippen molar-refractivity contribution >= 4 is 11.8 Å². The summed E-state index contributed by atoms with van der Waals surface area (Å²) in [6.07, 6.45) is 0. The number of aryl methyl sites for hydroxylation is 1. The van der Waals surface area contributed by atoms with Crippen LogP contribution in [0, 0.1) is 6.92 Å². The van der Waals surface area contributed by atoms with Gasteiger partial charge in [-0.1, -0.05) is 19.1 Å². The molecule has 1 aromatic carbocycles. The Balaban J connectivity index is 2.84. The van der Waals surface area contributed by atoms with Crippen LogP contribution in [0.5, 0.6) is 5.75 Å². The second kappa shape index (κ2) is 5.94. The van der Waals surface area contributed by atoms with E-state index in [1.54, 1.807) is 18.9 Å². The van der Waals surface area contributed by atoms with Crippen LogP contribution in [0.3, 0.4) is 0 Å². The fourth-order valence-corrected chi connectivity index (χ4v) is 2.03. The Hall–Kier alpha value is -0.670. The first-order valence-corrected chi connectivity index (χ1v) is 5.62. The maximum Gasteiger partial charge on any atom is 0.188 e. The van der Waals surface area contributed by atoms with Gasteiger partial charge < -0.3 is 9.47 Å². The largest absolute Gasteiger partial charge is 0.466 e. The summed E-state index contributed by atoms with van der Waals surface area (Å²) in [5.74, 6) is 1.99. The highest BCUT2D eigenvalue weighted by atomic mass is 32.2. The highest BCUT2D eigenvalue weighted by Crippen LogP contribution is 2.31. The number of methoxy groups -OCH3 is 1. The first-order chi connectivity index (χ1) is 6.79. The Morgan fingerprint density at radius 2 is 2.14 bits per heavy atom. The molecule has 0 N–H and O–H groups in total. The van der Waals surface area contributed by atoms with Crippen molar-refractivity contribution in [2.24, 2.45) is 0 Å². The smallest absolute Gasteiger partial charge is 0.188 e. The van der Waals surface area contributed by atoms with Gasteiger partial charge in [0.1, 0.15) is 5.75 Å². The number of hydrogen-bond donors (Lipinski definition) is 0. The van der Waals surface area contributed by atoms with Gasteiger partial charge in [-0.25, -0.2) is 0 Å². The van der Waals surface area contributed by atoms with Gasteiger partial charge in [0.2, 0.25) is 0 Å². The van der Waals surface area contributed by atoms with Crippen molar-refractivity contribution in [3.8, 4) is 5.75 Å². The second-order valence-corrected chi connectivity index (χ2v) is 4.19. The topological polar surface area (TPSA) is 18.5 Å². The number of ether oxygens (including phenoxy) is 2. The van der Waals surface area contributed by atoms with Crippen molar-refractivity contribution < 1.29 is 9.47 Å². The molecule has 0 bridgehead atoms. The Kier molecular flexibility index (Phi) is 4.84. The molecule has 78 valence electrons. The van der Waals surface area contributed by atoms with Crippen molar-refractivity contribution in [3.63, 3.8) is 0 Å². The first-order valence-electron chi connectivity index (χ1n) is 4.63. The maximum atomic E-state index is 5.53. The quantitative estimate of drug-likeness (QED) is 0.552. The Labute approximate surface area is 89.6 Å². The van der Waals surface area contributed by atoms with Crippen LogP contribution < -0.4 is 4.74 Å². The number of hydrogen-bond acceptors (Lipinski definition) is 3. The Morgan fingerprint density at radius 1 is 1.36 bits per heavy atom. The van der Waals surface area contributed by atoms with E-state index in [0.29, 0.717) is 6.79 Å². The first kappa shape index (κ1) is 11.4. The molecule has 0 aliphatic rings. The Bertz CT molecular complexity index is 287. The molecule has 0 saturated heterocycles. The monoisotopic (exact) mass is 212 g/mol. The lowest BCUT2D eigenvalue weighted by molar-refractivity contribution is 0.0486. The zero-order valence-electron chi connectivity index (χ0n) is 8.87. The Morgan fingerprint density at radius 3 is 2.79 bits per heavy atom. The molecule has 0 fully saturated rings. The fourth-order valence-electron chi connectivity index (χ4n) is 1.20. The summed E-state index contributed by atoms with van der Waals surface area (Å²) < 4.78 is 10.4. The van der Waals surface area contributed by atoms with Crippen LogP contribution in [0.25, 0.3) is 0 Å². The number of thioether (sulfide) groups is 1. The summed E-state index contributed by atoms with van der Waals surface area (Å²) >= 11 is 1.79. The van der Waals surface area contributed by atoms with E-state index in [4.69, 9.17) is 9.47 Å². The van der Waals surface area contributed by atoms with Crippen LogP contribution in [0.15, 0.2) is 23.1 Å². The second-order valence-electron chi connectivity index (χ2n) is 2.89. The predicted molar refractivity (Wildman–Crippen MR) is 60.1 cm³/mol. The van der Waals surface area contributed by atoms with E-state index in [9.17, 15) is 0 Å². The van der Waals surface area contributed by atoms with E-state index in [1.807, 2.05) is 19.1 Å². The van der Waals surface area contributed by atoms with E-state index in [1.165, 1.54) is 4.90 Å². The van der Waals surface area contributed by atoms with Gasteiger partial charge in [0, 0.05) is 12.0 Å². The van der Waals surface area contributed by atoms with E-state index in [0.717, 1.165) is 17.1 Å². The third-order valence-corrected chi connectivity index (χ3v) is 2.72. The van der Waals surface area contributed by atoms with Gasteiger partial charge in [0.15, 0.2) is 6.79 Å². The lowest BCUT2D eigenvalue weighted by Gasteiger charge is -2.12. The highest BCUT2D eigenvalue weighted by molar-refractivity contribution is 7.99. The third-order valence-electron chi connectivity index (χ3n) is 1.80. The molecular weight excluding hydrogens is 196 g/mol. The summed E-state index contributed by atoms with van der Waals surface area (Å²) in [7, 11) is 1.63. The van der Waals surface area contributed by atoms with Crippen LogP contribution in [0.1, 0.15) is 12.5 Å². The van der Waals surface area contributed by atoms with Crippen molar-refractivity contribution in [2.45, 2.75) is 18.7 Å². The van der Waals surface area contributed by atoms with Crippen LogP contribution in [0.2, 0.25) is 0 Å². The molecular formula is C11H16O2S. The summed E-state index contributed by atoms with van der Waals surface area (Å²) in [5.41, 5.74) is 1.15. The van der Waals surface area contributed by atoms with Crippen molar-refractivity contribution in [3.05, 3.63) is 23.8 Å². The van der Waals surface area contributed by atoms with Gasteiger partial charge in [-0.2, -0.15) is 0 Å². The molecule has 1 aromatic rings. The molecule has 0 aliphatic carbocycles. The van der Waals surface area contributed by atoms with Crippen molar-refractivity contribution in [1.82, 2.24) is 0 Å². The van der Waals surface area contributed by atoms with E-state index >= 15 is 0 Å². The molecule has 0 radical (unpaired) electrons. The van der Waals surface area contributed by atoms with Crippen LogP contribution in [0.4, 0.5) is 0 Å². The molecule has 0 spiro atoms. The van der Waals surface area contributed by atoms with Gasteiger partial charge >= 0.3 is 0 Å². The molecule has 0 unspecified atom stereocenters. The molecule has 3 heteroatoms. The molecule has 14 heavy (non-hydrogen) atoms. The van der Waals surface area contributed by atoms with Crippen LogP contribution in [-0.2, 0) is 4.74 Å². The van der Waals surface area contributed by atoms with E-state index in [-0.39, 0.29) is 0 Å². The lowest BCUT2D eigenvalue weighted by atomic mass is 10.2. The molecule has 1 rings (SSSR count). The van der Waals surface area contributed by atoms with Gasteiger partial charge in [-0.05, 0) is 24.3 Å². The molecule has 0 aliphatic heterocycles. The zero-order valence-corrected chi connectivity index (χ0v) is 9.69. The average Bonchev–Trinajstić information content (AvgIpc) is 2.18. The minimum atomic E-state index is 0.308. The highest BCUT2D eigenvalue weighted by Gasteiger charge is 2.06. The number of rotatable bonds is 5.